The smallest absolute Gasteiger partial charge is 0.408 e. The summed E-state index contributed by atoms with van der Waals surface area (Å²) >= 11 is 0. The first-order valence-corrected chi connectivity index (χ1v) is 11.5. The van der Waals surface area contributed by atoms with Gasteiger partial charge in [-0.1, -0.05) is 57.0 Å². The number of alkyl carbamates (subject to hydrolysis) is 1. The van der Waals surface area contributed by atoms with Crippen molar-refractivity contribution in [2.24, 2.45) is 0 Å². The van der Waals surface area contributed by atoms with E-state index in [2.05, 4.69) is 17.6 Å². The summed E-state index contributed by atoms with van der Waals surface area (Å²) < 4.78 is 5.25. The molecule has 32 heavy (non-hydrogen) atoms. The molecule has 0 bridgehead atoms. The highest BCUT2D eigenvalue weighted by atomic mass is 16.6. The van der Waals surface area contributed by atoms with E-state index < -0.39 is 23.3 Å². The van der Waals surface area contributed by atoms with Crippen molar-refractivity contribution in [1.29, 1.82) is 0 Å². The lowest BCUT2D eigenvalue weighted by Crippen LogP contribution is -2.56. The van der Waals surface area contributed by atoms with Crippen LogP contribution in [0.3, 0.4) is 0 Å². The fourth-order valence-corrected chi connectivity index (χ4v) is 3.28. The second-order valence-electron chi connectivity index (χ2n) is 9.60. The summed E-state index contributed by atoms with van der Waals surface area (Å²) in [6, 6.07) is 8.48. The minimum absolute atomic E-state index is 0.223. The molecule has 1 unspecified atom stereocenters. The van der Waals surface area contributed by atoms with E-state index in [-0.39, 0.29) is 18.4 Å². The van der Waals surface area contributed by atoms with Crippen LogP contribution in [0.4, 0.5) is 4.79 Å². The molecule has 0 saturated heterocycles. The minimum Gasteiger partial charge on any atom is -0.444 e. The maximum atomic E-state index is 13.4. The molecule has 7 nitrogen and oxygen atoms in total. The number of hydrogen-bond acceptors (Lipinski definition) is 4. The van der Waals surface area contributed by atoms with E-state index >= 15 is 0 Å². The zero-order valence-corrected chi connectivity index (χ0v) is 20.8. The zero-order valence-electron chi connectivity index (χ0n) is 20.8. The quantitative estimate of drug-likeness (QED) is 0.486. The highest BCUT2D eigenvalue weighted by Crippen LogP contribution is 2.31. The van der Waals surface area contributed by atoms with E-state index in [1.165, 1.54) is 0 Å². The lowest BCUT2D eigenvalue weighted by molar-refractivity contribution is -0.146. The Morgan fingerprint density at radius 3 is 2.12 bits per heavy atom. The first-order valence-electron chi connectivity index (χ1n) is 11.5. The van der Waals surface area contributed by atoms with E-state index in [0.717, 1.165) is 24.8 Å². The van der Waals surface area contributed by atoms with E-state index in [9.17, 15) is 14.4 Å². The predicted molar refractivity (Wildman–Crippen MR) is 127 cm³/mol. The van der Waals surface area contributed by atoms with Crippen LogP contribution in [0.25, 0.3) is 0 Å². The second-order valence-corrected chi connectivity index (χ2v) is 9.60. The molecule has 0 saturated carbocycles. The van der Waals surface area contributed by atoms with Gasteiger partial charge in [-0.05, 0) is 53.0 Å². The third kappa shape index (κ3) is 8.89. The number of amides is 3. The highest BCUT2D eigenvalue weighted by Gasteiger charge is 2.39. The SMILES string of the molecule is CCCCCNC(=O)C(c1ccccc1)N(C(=O)CNC(=O)OC(C)(C)C)C(C)(C)CC. The van der Waals surface area contributed by atoms with Crippen LogP contribution in [-0.4, -0.2) is 47.0 Å². The van der Waals surface area contributed by atoms with Crippen LogP contribution in [0.2, 0.25) is 0 Å². The normalized spacial score (nSPS) is 12.6. The van der Waals surface area contributed by atoms with Crippen LogP contribution in [0.1, 0.15) is 85.8 Å². The molecule has 0 aliphatic carbocycles. The first-order chi connectivity index (χ1) is 14.9. The molecule has 1 atom stereocenters. The van der Waals surface area contributed by atoms with Gasteiger partial charge in [-0.25, -0.2) is 4.79 Å². The lowest BCUT2D eigenvalue weighted by atomic mass is 9.93. The predicted octanol–water partition coefficient (Wildman–Crippen LogP) is 4.58. The summed E-state index contributed by atoms with van der Waals surface area (Å²) in [6.07, 6.45) is 2.94. The van der Waals surface area contributed by atoms with Crippen molar-refractivity contribution >= 4 is 17.9 Å². The Morgan fingerprint density at radius 2 is 1.59 bits per heavy atom. The molecule has 1 rings (SSSR count). The molecule has 0 heterocycles. The first kappa shape index (κ1) is 27.5. The molecule has 1 aromatic rings. The lowest BCUT2D eigenvalue weighted by Gasteiger charge is -2.43. The number of nitrogens with zero attached hydrogens (tertiary/aromatic N) is 1. The molecule has 2 N–H and O–H groups in total. The Kier molecular flexibility index (Phi) is 10.7. The Morgan fingerprint density at radius 1 is 0.969 bits per heavy atom. The van der Waals surface area contributed by atoms with Crippen LogP contribution in [0, 0.1) is 0 Å². The molecule has 0 aliphatic heterocycles. The van der Waals surface area contributed by atoms with Gasteiger partial charge in [0.2, 0.25) is 11.8 Å². The van der Waals surface area contributed by atoms with Gasteiger partial charge in [-0.3, -0.25) is 9.59 Å². The Labute approximate surface area is 193 Å². The van der Waals surface area contributed by atoms with Gasteiger partial charge in [0.1, 0.15) is 18.2 Å². The average molecular weight is 448 g/mol. The van der Waals surface area contributed by atoms with E-state index in [1.807, 2.05) is 51.1 Å². The van der Waals surface area contributed by atoms with Crippen molar-refractivity contribution in [3.05, 3.63) is 35.9 Å². The summed E-state index contributed by atoms with van der Waals surface area (Å²) in [5.41, 5.74) is -0.554. The monoisotopic (exact) mass is 447 g/mol. The maximum Gasteiger partial charge on any atom is 0.408 e. The fourth-order valence-electron chi connectivity index (χ4n) is 3.28. The van der Waals surface area contributed by atoms with Crippen LogP contribution in [0.5, 0.6) is 0 Å². The topological polar surface area (TPSA) is 87.7 Å². The number of ether oxygens (including phenoxy) is 1. The maximum absolute atomic E-state index is 13.4. The highest BCUT2D eigenvalue weighted by molar-refractivity contribution is 5.91. The molecule has 1 aromatic carbocycles. The summed E-state index contributed by atoms with van der Waals surface area (Å²) in [6.45, 7) is 13.5. The minimum atomic E-state index is -0.805. The number of unbranched alkanes of at least 4 members (excludes halogenated alkanes) is 2. The Hall–Kier alpha value is -2.57. The van der Waals surface area contributed by atoms with Gasteiger partial charge >= 0.3 is 6.09 Å². The van der Waals surface area contributed by atoms with Gasteiger partial charge in [-0.15, -0.1) is 0 Å². The Bertz CT molecular complexity index is 741. The van der Waals surface area contributed by atoms with E-state index in [0.29, 0.717) is 13.0 Å². The van der Waals surface area contributed by atoms with Crippen molar-refractivity contribution in [2.45, 2.75) is 91.3 Å². The van der Waals surface area contributed by atoms with Gasteiger partial charge < -0.3 is 20.3 Å². The summed E-state index contributed by atoms with van der Waals surface area (Å²) in [7, 11) is 0. The van der Waals surface area contributed by atoms with Crippen molar-refractivity contribution in [3.8, 4) is 0 Å². The van der Waals surface area contributed by atoms with Gasteiger partial charge in [0.15, 0.2) is 0 Å². The van der Waals surface area contributed by atoms with Crippen molar-refractivity contribution in [3.63, 3.8) is 0 Å². The third-order valence-corrected chi connectivity index (χ3v) is 5.27. The molecule has 0 radical (unpaired) electrons. The van der Waals surface area contributed by atoms with E-state index in [1.54, 1.807) is 25.7 Å². The third-order valence-electron chi connectivity index (χ3n) is 5.27. The summed E-state index contributed by atoms with van der Waals surface area (Å²) in [4.78, 5) is 40.4. The van der Waals surface area contributed by atoms with Gasteiger partial charge in [0, 0.05) is 12.1 Å². The van der Waals surface area contributed by atoms with Crippen LogP contribution in [0.15, 0.2) is 30.3 Å². The molecule has 0 fully saturated rings. The van der Waals surface area contributed by atoms with Gasteiger partial charge in [0.05, 0.1) is 0 Å². The van der Waals surface area contributed by atoms with Crippen molar-refractivity contribution in [1.82, 2.24) is 15.5 Å². The number of benzene rings is 1. The molecule has 7 heteroatoms. The number of nitrogens with one attached hydrogen (secondary N) is 2. The van der Waals surface area contributed by atoms with Crippen molar-refractivity contribution in [2.75, 3.05) is 13.1 Å². The largest absolute Gasteiger partial charge is 0.444 e. The van der Waals surface area contributed by atoms with Crippen molar-refractivity contribution < 1.29 is 19.1 Å². The zero-order chi connectivity index (χ0) is 24.4. The molecular formula is C25H41N3O4. The van der Waals surface area contributed by atoms with Gasteiger partial charge in [-0.2, -0.15) is 0 Å². The molecule has 0 spiro atoms. The van der Waals surface area contributed by atoms with Gasteiger partial charge in [0.25, 0.3) is 0 Å². The van der Waals surface area contributed by atoms with Crippen LogP contribution in [-0.2, 0) is 14.3 Å². The van der Waals surface area contributed by atoms with Crippen LogP contribution >= 0.6 is 0 Å². The molecule has 0 aromatic heterocycles. The number of rotatable bonds is 11. The second kappa shape index (κ2) is 12.5. The fraction of sp³-hybridized carbons (Fsp3) is 0.640. The molecule has 180 valence electrons. The Balaban J connectivity index is 3.19. The summed E-state index contributed by atoms with van der Waals surface area (Å²) in [5.74, 6) is -0.570. The van der Waals surface area contributed by atoms with E-state index in [4.69, 9.17) is 4.74 Å². The average Bonchev–Trinajstić information content (AvgIpc) is 2.72. The van der Waals surface area contributed by atoms with Crippen LogP contribution < -0.4 is 10.6 Å². The number of carbonyl (C=O) groups excluding carboxylic acids is 3. The molecule has 0 aliphatic rings. The standard InChI is InChI=1S/C25H41N3O4/c1-8-10-14-17-26-22(30)21(19-15-12-11-13-16-19)28(25(6,7)9-2)20(29)18-27-23(31)32-24(3,4)5/h11-13,15-16,21H,8-10,14,17-18H2,1-7H3,(H,26,30)(H,27,31). The summed E-state index contributed by atoms with van der Waals surface area (Å²) in [5, 5.41) is 5.54. The number of hydrogen-bond donors (Lipinski definition) is 2. The molecule has 3 amide bonds. The molecular weight excluding hydrogens is 406 g/mol. The number of carbonyl (C=O) groups is 3.